The van der Waals surface area contributed by atoms with Crippen molar-refractivity contribution >= 4 is 10.9 Å². The smallest absolute Gasteiger partial charge is 0.131 e. The molecule has 0 saturated heterocycles. The fraction of sp³-hybridized carbons (Fsp3) is 0.280. The van der Waals surface area contributed by atoms with Gasteiger partial charge in [-0.05, 0) is 17.2 Å². The molecule has 0 aliphatic carbocycles. The average molecular weight is 383 g/mol. The molecule has 0 radical (unpaired) electrons. The third kappa shape index (κ3) is 3.45. The van der Waals surface area contributed by atoms with E-state index in [2.05, 4.69) is 83.3 Å². The van der Waals surface area contributed by atoms with Gasteiger partial charge < -0.3 is 4.98 Å². The van der Waals surface area contributed by atoms with E-state index in [4.69, 9.17) is 4.98 Å². The molecule has 0 amide bonds. The minimum Gasteiger partial charge on any atom is -0.354 e. The molecule has 0 fully saturated rings. The van der Waals surface area contributed by atoms with E-state index in [0.29, 0.717) is 5.92 Å². The van der Waals surface area contributed by atoms with Crippen LogP contribution in [-0.4, -0.2) is 26.4 Å². The van der Waals surface area contributed by atoms with Gasteiger partial charge >= 0.3 is 0 Å². The Kier molecular flexibility index (Phi) is 4.64. The molecule has 4 aromatic rings. The molecule has 0 spiro atoms. The topological polar surface area (TPSA) is 44.8 Å². The lowest BCUT2D eigenvalue weighted by molar-refractivity contribution is 0.243. The summed E-state index contributed by atoms with van der Waals surface area (Å²) in [5.74, 6) is 1.33. The Balaban J connectivity index is 1.48. The predicted molar refractivity (Wildman–Crippen MR) is 118 cm³/mol. The zero-order chi connectivity index (χ0) is 19.8. The molecule has 0 atom stereocenters. The molecule has 0 unspecified atom stereocenters. The molecule has 1 aliphatic heterocycles. The molecule has 29 heavy (non-hydrogen) atoms. The van der Waals surface area contributed by atoms with Gasteiger partial charge in [-0.2, -0.15) is 0 Å². The van der Waals surface area contributed by atoms with Crippen molar-refractivity contribution in [2.24, 2.45) is 0 Å². The number of hydrogen-bond acceptors (Lipinski definition) is 3. The van der Waals surface area contributed by atoms with Crippen molar-refractivity contribution in [2.45, 2.75) is 39.3 Å². The number of nitrogens with one attached hydrogen (secondary N) is 1. The number of hydrogen-bond donors (Lipinski definition) is 1. The largest absolute Gasteiger partial charge is 0.354 e. The molecule has 0 saturated carbocycles. The lowest BCUT2D eigenvalue weighted by Gasteiger charge is -2.28. The summed E-state index contributed by atoms with van der Waals surface area (Å²) >= 11 is 0. The van der Waals surface area contributed by atoms with E-state index in [9.17, 15) is 0 Å². The Morgan fingerprint density at radius 2 is 1.83 bits per heavy atom. The third-order valence-corrected chi connectivity index (χ3v) is 5.81. The van der Waals surface area contributed by atoms with Crippen molar-refractivity contribution in [1.29, 1.82) is 0 Å². The van der Waals surface area contributed by atoms with E-state index in [0.717, 1.165) is 31.9 Å². The number of nitrogens with zero attached hydrogens (tertiary/aromatic N) is 3. The van der Waals surface area contributed by atoms with Crippen molar-refractivity contribution < 1.29 is 0 Å². The predicted octanol–water partition coefficient (Wildman–Crippen LogP) is 5.31. The maximum atomic E-state index is 4.82. The van der Waals surface area contributed by atoms with Gasteiger partial charge in [0.25, 0.3) is 0 Å². The first-order valence-electron chi connectivity index (χ1n) is 10.4. The van der Waals surface area contributed by atoms with Crippen LogP contribution in [0.1, 0.15) is 42.4 Å². The Bertz CT molecular complexity index is 1140. The molecule has 5 rings (SSSR count). The van der Waals surface area contributed by atoms with Gasteiger partial charge in [-0.25, -0.2) is 9.97 Å². The first-order valence-corrected chi connectivity index (χ1v) is 10.4. The zero-order valence-electron chi connectivity index (χ0n) is 17.0. The molecule has 2 aromatic heterocycles. The van der Waals surface area contributed by atoms with E-state index >= 15 is 0 Å². The van der Waals surface area contributed by atoms with Gasteiger partial charge in [0.2, 0.25) is 0 Å². The Labute approximate surface area is 171 Å². The first kappa shape index (κ1) is 18.1. The molecule has 4 nitrogen and oxygen atoms in total. The fourth-order valence-corrected chi connectivity index (χ4v) is 4.24. The van der Waals surface area contributed by atoms with Gasteiger partial charge in [-0.3, -0.25) is 4.90 Å². The quantitative estimate of drug-likeness (QED) is 0.520. The lowest BCUT2D eigenvalue weighted by atomic mass is 10.0. The van der Waals surface area contributed by atoms with Crippen LogP contribution < -0.4 is 0 Å². The van der Waals surface area contributed by atoms with Crippen LogP contribution in [0.2, 0.25) is 0 Å². The van der Waals surface area contributed by atoms with Gasteiger partial charge in [-0.15, -0.1) is 0 Å². The summed E-state index contributed by atoms with van der Waals surface area (Å²) in [6.07, 6.45) is 3.03. The summed E-state index contributed by atoms with van der Waals surface area (Å²) in [5, 5.41) is 1.31. The van der Waals surface area contributed by atoms with E-state index in [-0.39, 0.29) is 0 Å². The molecule has 2 aromatic carbocycles. The molecule has 146 valence electrons. The van der Waals surface area contributed by atoms with E-state index in [1.807, 2.05) is 6.20 Å². The van der Waals surface area contributed by atoms with Crippen LogP contribution in [-0.2, 0) is 19.5 Å². The van der Waals surface area contributed by atoms with Crippen LogP contribution in [0.3, 0.4) is 0 Å². The number of aromatic amines is 1. The Morgan fingerprint density at radius 1 is 1.03 bits per heavy atom. The minimum atomic E-state index is 0.373. The summed E-state index contributed by atoms with van der Waals surface area (Å²) in [6, 6.07) is 19.2. The summed E-state index contributed by atoms with van der Waals surface area (Å²) in [5.41, 5.74) is 7.52. The molecule has 1 aliphatic rings. The number of fused-ring (bicyclic) bond motifs is 2. The number of H-pyrrole nitrogens is 1. The number of aromatic nitrogens is 3. The standard InChI is InChI=1S/C25H26N4/c1-17(2)25-26-14-19-15-29(13-12-22(19)28-25)16-21-20-10-6-7-11-23(20)27-24(21)18-8-4-3-5-9-18/h3-11,14,17,27H,12-13,15-16H2,1-2H3. The van der Waals surface area contributed by atoms with Crippen molar-refractivity contribution in [2.75, 3.05) is 6.54 Å². The third-order valence-electron chi connectivity index (χ3n) is 5.81. The number of para-hydroxylation sites is 1. The van der Waals surface area contributed by atoms with Crippen molar-refractivity contribution in [3.05, 3.63) is 83.4 Å². The van der Waals surface area contributed by atoms with Gasteiger partial charge in [0.1, 0.15) is 5.82 Å². The van der Waals surface area contributed by atoms with Crippen LogP contribution >= 0.6 is 0 Å². The van der Waals surface area contributed by atoms with E-state index in [1.165, 1.54) is 39.0 Å². The number of rotatable bonds is 4. The molecule has 4 heteroatoms. The highest BCUT2D eigenvalue weighted by Gasteiger charge is 2.22. The van der Waals surface area contributed by atoms with Gasteiger partial charge in [0, 0.05) is 60.3 Å². The molecule has 3 heterocycles. The lowest BCUT2D eigenvalue weighted by Crippen LogP contribution is -2.31. The normalized spacial score (nSPS) is 14.4. The van der Waals surface area contributed by atoms with E-state index < -0.39 is 0 Å². The molecule has 0 bridgehead atoms. The van der Waals surface area contributed by atoms with Crippen LogP contribution in [0.4, 0.5) is 0 Å². The fourth-order valence-electron chi connectivity index (χ4n) is 4.24. The van der Waals surface area contributed by atoms with Crippen LogP contribution in [0.5, 0.6) is 0 Å². The summed E-state index contributed by atoms with van der Waals surface area (Å²) < 4.78 is 0. The number of benzene rings is 2. The van der Waals surface area contributed by atoms with Crippen LogP contribution in [0.25, 0.3) is 22.2 Å². The highest BCUT2D eigenvalue weighted by atomic mass is 15.1. The van der Waals surface area contributed by atoms with Gasteiger partial charge in [0.05, 0.1) is 5.69 Å². The summed E-state index contributed by atoms with van der Waals surface area (Å²) in [6.45, 7) is 7.15. The minimum absolute atomic E-state index is 0.373. The highest BCUT2D eigenvalue weighted by molar-refractivity contribution is 5.90. The van der Waals surface area contributed by atoms with Crippen molar-refractivity contribution in [3.8, 4) is 11.3 Å². The molecular formula is C25H26N4. The van der Waals surface area contributed by atoms with Crippen LogP contribution in [0, 0.1) is 0 Å². The second-order valence-corrected chi connectivity index (χ2v) is 8.21. The SMILES string of the molecule is CC(C)c1ncc2c(n1)CCN(Cc1c(-c3ccccc3)[nH]c3ccccc13)C2. The van der Waals surface area contributed by atoms with Crippen molar-refractivity contribution in [3.63, 3.8) is 0 Å². The van der Waals surface area contributed by atoms with Crippen LogP contribution in [0.15, 0.2) is 60.8 Å². The molecular weight excluding hydrogens is 356 g/mol. The maximum Gasteiger partial charge on any atom is 0.131 e. The van der Waals surface area contributed by atoms with E-state index in [1.54, 1.807) is 0 Å². The highest BCUT2D eigenvalue weighted by Crippen LogP contribution is 2.32. The van der Waals surface area contributed by atoms with Crippen molar-refractivity contribution in [1.82, 2.24) is 19.9 Å². The Morgan fingerprint density at radius 3 is 2.66 bits per heavy atom. The summed E-state index contributed by atoms with van der Waals surface area (Å²) in [7, 11) is 0. The van der Waals surface area contributed by atoms with Gasteiger partial charge in [0.15, 0.2) is 0 Å². The monoisotopic (exact) mass is 382 g/mol. The zero-order valence-corrected chi connectivity index (χ0v) is 17.0. The second-order valence-electron chi connectivity index (χ2n) is 8.21. The maximum absolute atomic E-state index is 4.82. The Hall–Kier alpha value is -2.98. The first-order chi connectivity index (χ1) is 14.2. The molecule has 1 N–H and O–H groups in total. The van der Waals surface area contributed by atoms with Gasteiger partial charge in [-0.1, -0.05) is 62.4 Å². The second kappa shape index (κ2) is 7.45. The summed E-state index contributed by atoms with van der Waals surface area (Å²) in [4.78, 5) is 15.6. The average Bonchev–Trinajstić information content (AvgIpc) is 3.12.